The lowest BCUT2D eigenvalue weighted by Gasteiger charge is -2.06. The van der Waals surface area contributed by atoms with Crippen LogP contribution in [0, 0.1) is 0 Å². The van der Waals surface area contributed by atoms with Crippen LogP contribution >= 0.6 is 0 Å². The number of aryl methyl sites for hydroxylation is 1. The highest BCUT2D eigenvalue weighted by Gasteiger charge is 2.18. The monoisotopic (exact) mass is 317 g/mol. The lowest BCUT2D eigenvalue weighted by atomic mass is 10.4. The van der Waals surface area contributed by atoms with Gasteiger partial charge in [0.1, 0.15) is 0 Å². The fourth-order valence-corrected chi connectivity index (χ4v) is 3.07. The van der Waals surface area contributed by atoms with E-state index in [0.29, 0.717) is 0 Å². The van der Waals surface area contributed by atoms with E-state index >= 15 is 0 Å². The van der Waals surface area contributed by atoms with Crippen molar-refractivity contribution in [3.63, 3.8) is 0 Å². The Bertz CT molecular complexity index is 841. The minimum atomic E-state index is -3.98. The van der Waals surface area contributed by atoms with Crippen molar-refractivity contribution in [2.45, 2.75) is 9.79 Å². The molecule has 0 aliphatic heterocycles. The van der Waals surface area contributed by atoms with Gasteiger partial charge in [-0.1, -0.05) is 11.3 Å². The van der Waals surface area contributed by atoms with Crippen molar-refractivity contribution in [2.75, 3.05) is 4.72 Å². The lowest BCUT2D eigenvalue weighted by molar-refractivity contribution is 0.597. The summed E-state index contributed by atoms with van der Waals surface area (Å²) in [7, 11) is -6.37. The Morgan fingerprint density at radius 2 is 1.85 bits per heavy atom. The molecule has 1 aromatic heterocycles. The summed E-state index contributed by atoms with van der Waals surface area (Å²) in [6.07, 6.45) is 1.36. The van der Waals surface area contributed by atoms with Crippen molar-refractivity contribution in [3.8, 4) is 0 Å². The minimum Gasteiger partial charge on any atom is -0.261 e. The Morgan fingerprint density at radius 1 is 1.20 bits per heavy atom. The standard InChI is InChI=1S/C9H11N5O4S2/c1-14-6-9(11-13-14)12-20(17,18)8-4-2-3-7(5-8)19(10,15)16/h2-6,12H,1H3,(H2,10,15,16). The first kappa shape index (κ1) is 14.4. The Balaban J connectivity index is 2.40. The minimum absolute atomic E-state index is 0.0218. The smallest absolute Gasteiger partial charge is 0.261 e. The Hall–Kier alpha value is -1.98. The number of hydrogen-bond donors (Lipinski definition) is 2. The molecule has 0 saturated heterocycles. The molecule has 3 N–H and O–H groups in total. The van der Waals surface area contributed by atoms with Gasteiger partial charge in [0.2, 0.25) is 10.0 Å². The van der Waals surface area contributed by atoms with E-state index in [1.165, 1.54) is 29.1 Å². The van der Waals surface area contributed by atoms with Gasteiger partial charge in [0.05, 0.1) is 16.0 Å². The van der Waals surface area contributed by atoms with E-state index in [1.54, 1.807) is 7.05 Å². The molecule has 2 aromatic rings. The topological polar surface area (TPSA) is 137 Å². The lowest BCUT2D eigenvalue weighted by Crippen LogP contribution is -2.16. The summed E-state index contributed by atoms with van der Waals surface area (Å²) >= 11 is 0. The molecule has 0 amide bonds. The molecule has 9 nitrogen and oxygen atoms in total. The van der Waals surface area contributed by atoms with Crippen LogP contribution in [0.5, 0.6) is 0 Å². The van der Waals surface area contributed by atoms with Gasteiger partial charge in [0.25, 0.3) is 10.0 Å². The number of anilines is 1. The van der Waals surface area contributed by atoms with Crippen LogP contribution < -0.4 is 9.86 Å². The van der Waals surface area contributed by atoms with Crippen LogP contribution in [-0.2, 0) is 27.1 Å². The highest BCUT2D eigenvalue weighted by Crippen LogP contribution is 2.17. The van der Waals surface area contributed by atoms with Crippen LogP contribution in [0.4, 0.5) is 5.82 Å². The number of hydrogen-bond acceptors (Lipinski definition) is 6. The number of aromatic nitrogens is 3. The maximum Gasteiger partial charge on any atom is 0.263 e. The quantitative estimate of drug-likeness (QED) is 0.762. The highest BCUT2D eigenvalue weighted by molar-refractivity contribution is 7.92. The van der Waals surface area contributed by atoms with Crippen LogP contribution in [0.3, 0.4) is 0 Å². The van der Waals surface area contributed by atoms with Crippen LogP contribution in [0.2, 0.25) is 0 Å². The summed E-state index contributed by atoms with van der Waals surface area (Å²) in [6, 6.07) is 4.70. The normalized spacial score (nSPS) is 12.3. The molecule has 0 atom stereocenters. The zero-order chi connectivity index (χ0) is 15.0. The molecule has 0 bridgehead atoms. The highest BCUT2D eigenvalue weighted by atomic mass is 32.2. The molecule has 0 aliphatic rings. The van der Waals surface area contributed by atoms with Crippen molar-refractivity contribution in [2.24, 2.45) is 12.2 Å². The molecule has 1 aromatic carbocycles. The Morgan fingerprint density at radius 3 is 2.40 bits per heavy atom. The number of primary sulfonamides is 1. The molecular formula is C9H11N5O4S2. The molecule has 1 heterocycles. The van der Waals surface area contributed by atoms with Crippen LogP contribution in [0.15, 0.2) is 40.3 Å². The predicted molar refractivity (Wildman–Crippen MR) is 69.6 cm³/mol. The van der Waals surface area contributed by atoms with Gasteiger partial charge in [-0.05, 0) is 18.2 Å². The van der Waals surface area contributed by atoms with Crippen LogP contribution in [-0.4, -0.2) is 31.8 Å². The maximum absolute atomic E-state index is 12.1. The molecule has 0 saturated carbocycles. The van der Waals surface area contributed by atoms with Crippen molar-refractivity contribution in [3.05, 3.63) is 30.5 Å². The third-order valence-electron chi connectivity index (χ3n) is 2.29. The van der Waals surface area contributed by atoms with E-state index in [1.807, 2.05) is 0 Å². The van der Waals surface area contributed by atoms with Gasteiger partial charge in [-0.25, -0.2) is 22.0 Å². The van der Waals surface area contributed by atoms with Crippen LogP contribution in [0.1, 0.15) is 0 Å². The second-order valence-electron chi connectivity index (χ2n) is 3.90. The van der Waals surface area contributed by atoms with Crippen molar-refractivity contribution in [1.82, 2.24) is 15.0 Å². The average molecular weight is 317 g/mol. The van der Waals surface area contributed by atoms with Gasteiger partial charge in [-0.2, -0.15) is 0 Å². The maximum atomic E-state index is 12.1. The van der Waals surface area contributed by atoms with Crippen molar-refractivity contribution >= 4 is 25.9 Å². The van der Waals surface area contributed by atoms with Crippen molar-refractivity contribution < 1.29 is 16.8 Å². The molecule has 0 fully saturated rings. The fraction of sp³-hybridized carbons (Fsp3) is 0.111. The largest absolute Gasteiger partial charge is 0.263 e. The summed E-state index contributed by atoms with van der Waals surface area (Å²) in [5, 5.41) is 12.1. The number of benzene rings is 1. The zero-order valence-corrected chi connectivity index (χ0v) is 11.9. The van der Waals surface area contributed by atoms with Gasteiger partial charge >= 0.3 is 0 Å². The molecule has 20 heavy (non-hydrogen) atoms. The summed E-state index contributed by atoms with van der Waals surface area (Å²) in [5.74, 6) is 0.0218. The number of sulfonamides is 2. The van der Waals surface area contributed by atoms with Crippen molar-refractivity contribution in [1.29, 1.82) is 0 Å². The predicted octanol–water partition coefficient (Wildman–Crippen LogP) is -0.737. The molecule has 0 unspecified atom stereocenters. The molecular weight excluding hydrogens is 306 g/mol. The number of nitrogens with two attached hydrogens (primary N) is 1. The second kappa shape index (κ2) is 4.85. The molecule has 0 radical (unpaired) electrons. The summed E-state index contributed by atoms with van der Waals surface area (Å²) in [4.78, 5) is -0.533. The first-order valence-electron chi connectivity index (χ1n) is 5.20. The van der Waals surface area contributed by atoms with E-state index < -0.39 is 20.0 Å². The first-order valence-corrected chi connectivity index (χ1v) is 8.23. The van der Waals surface area contributed by atoms with Gasteiger partial charge < -0.3 is 0 Å². The summed E-state index contributed by atoms with van der Waals surface area (Å²) in [6.45, 7) is 0. The average Bonchev–Trinajstić information content (AvgIpc) is 2.73. The zero-order valence-electron chi connectivity index (χ0n) is 10.3. The third-order valence-corrected chi connectivity index (χ3v) is 4.55. The van der Waals surface area contributed by atoms with Crippen LogP contribution in [0.25, 0.3) is 0 Å². The van der Waals surface area contributed by atoms with Gasteiger partial charge in [0, 0.05) is 7.05 Å². The molecule has 108 valence electrons. The molecule has 11 heteroatoms. The number of rotatable bonds is 4. The third kappa shape index (κ3) is 3.12. The Kier molecular flexibility index (Phi) is 3.50. The number of nitrogens with one attached hydrogen (secondary N) is 1. The number of nitrogens with zero attached hydrogens (tertiary/aromatic N) is 3. The van der Waals surface area contributed by atoms with Gasteiger partial charge in [0.15, 0.2) is 5.82 Å². The molecule has 2 rings (SSSR count). The summed E-state index contributed by atoms with van der Waals surface area (Å²) < 4.78 is 50.0. The van der Waals surface area contributed by atoms with E-state index in [4.69, 9.17) is 5.14 Å². The fourth-order valence-electron chi connectivity index (χ4n) is 1.41. The van der Waals surface area contributed by atoms with Gasteiger partial charge in [-0.15, -0.1) is 5.10 Å². The SMILES string of the molecule is Cn1cc(NS(=O)(=O)c2cccc(S(N)(=O)=O)c2)nn1. The van der Waals surface area contributed by atoms with Gasteiger partial charge in [-0.3, -0.25) is 9.40 Å². The second-order valence-corrected chi connectivity index (χ2v) is 7.15. The molecule has 0 aliphatic carbocycles. The van der Waals surface area contributed by atoms with E-state index in [2.05, 4.69) is 15.0 Å². The molecule has 0 spiro atoms. The Labute approximate surface area is 115 Å². The first-order chi connectivity index (χ1) is 9.18. The van der Waals surface area contributed by atoms with E-state index in [0.717, 1.165) is 6.07 Å². The summed E-state index contributed by atoms with van der Waals surface area (Å²) in [5.41, 5.74) is 0. The van der Waals surface area contributed by atoms with E-state index in [-0.39, 0.29) is 15.6 Å². The van der Waals surface area contributed by atoms with E-state index in [9.17, 15) is 16.8 Å².